The van der Waals surface area contributed by atoms with Crippen LogP contribution in [0.4, 0.5) is 13.2 Å². The van der Waals surface area contributed by atoms with Crippen LogP contribution < -0.4 is 10.5 Å². The molecule has 1 aromatic heterocycles. The molecule has 5 nitrogen and oxygen atoms in total. The highest BCUT2D eigenvalue weighted by molar-refractivity contribution is 7.89. The first-order valence-corrected chi connectivity index (χ1v) is 6.92. The number of hydrogen-bond acceptors (Lipinski definition) is 4. The van der Waals surface area contributed by atoms with Crippen LogP contribution in [-0.2, 0) is 16.6 Å². The quantitative estimate of drug-likeness (QED) is 0.866. The van der Waals surface area contributed by atoms with Crippen molar-refractivity contribution in [3.63, 3.8) is 0 Å². The van der Waals surface area contributed by atoms with Crippen LogP contribution in [0, 0.1) is 6.92 Å². The van der Waals surface area contributed by atoms with Crippen LogP contribution in [0.25, 0.3) is 0 Å². The fourth-order valence-electron chi connectivity index (χ4n) is 1.61. The Bertz CT molecular complexity index is 537. The molecule has 1 aromatic rings. The summed E-state index contributed by atoms with van der Waals surface area (Å²) in [7, 11) is -4.05. The summed E-state index contributed by atoms with van der Waals surface area (Å²) >= 11 is 0. The number of furan rings is 1. The molecule has 19 heavy (non-hydrogen) atoms. The van der Waals surface area contributed by atoms with E-state index < -0.39 is 28.7 Å². The van der Waals surface area contributed by atoms with Gasteiger partial charge < -0.3 is 10.2 Å². The fraction of sp³-hybridized carbons (Fsp3) is 0.600. The highest BCUT2D eigenvalue weighted by atomic mass is 32.2. The standard InChI is InChI=1S/C10H15F3N2O3S/c1-6(4-10(11,12)13)15-19(16,17)9-3-8(5-14)18-7(9)2/h3,6,15H,4-5,14H2,1-2H3. The Kier molecular flexibility index (Phi) is 4.64. The molecule has 1 heterocycles. The number of alkyl halides is 3. The van der Waals surface area contributed by atoms with Gasteiger partial charge in [-0.05, 0) is 13.8 Å². The molecule has 0 bridgehead atoms. The summed E-state index contributed by atoms with van der Waals surface area (Å²) in [6, 6.07) is -0.0570. The van der Waals surface area contributed by atoms with E-state index in [1.807, 2.05) is 4.72 Å². The number of nitrogens with one attached hydrogen (secondary N) is 1. The highest BCUT2D eigenvalue weighted by Crippen LogP contribution is 2.24. The molecule has 0 radical (unpaired) electrons. The lowest BCUT2D eigenvalue weighted by atomic mass is 10.2. The van der Waals surface area contributed by atoms with Gasteiger partial charge in [0, 0.05) is 12.1 Å². The van der Waals surface area contributed by atoms with Crippen molar-refractivity contribution in [2.45, 2.75) is 43.9 Å². The molecule has 1 rings (SSSR count). The van der Waals surface area contributed by atoms with Gasteiger partial charge in [0.05, 0.1) is 13.0 Å². The van der Waals surface area contributed by atoms with E-state index in [-0.39, 0.29) is 23.0 Å². The number of aryl methyl sites for hydroxylation is 1. The third-order valence-corrected chi connectivity index (χ3v) is 4.00. The molecule has 1 unspecified atom stereocenters. The molecule has 0 aliphatic heterocycles. The third kappa shape index (κ3) is 4.51. The van der Waals surface area contributed by atoms with Crippen LogP contribution in [0.1, 0.15) is 24.9 Å². The lowest BCUT2D eigenvalue weighted by Crippen LogP contribution is -2.36. The summed E-state index contributed by atoms with van der Waals surface area (Å²) in [5.41, 5.74) is 5.30. The number of rotatable bonds is 5. The van der Waals surface area contributed by atoms with Crippen LogP contribution >= 0.6 is 0 Å². The number of hydrogen-bond donors (Lipinski definition) is 2. The van der Waals surface area contributed by atoms with Gasteiger partial charge in [-0.1, -0.05) is 0 Å². The van der Waals surface area contributed by atoms with Gasteiger partial charge in [0.2, 0.25) is 10.0 Å². The number of sulfonamides is 1. The van der Waals surface area contributed by atoms with Gasteiger partial charge in [0.15, 0.2) is 0 Å². The van der Waals surface area contributed by atoms with Gasteiger partial charge in [-0.25, -0.2) is 13.1 Å². The molecule has 3 N–H and O–H groups in total. The first-order chi connectivity index (χ1) is 8.55. The topological polar surface area (TPSA) is 85.3 Å². The second-order valence-corrected chi connectivity index (χ2v) is 5.86. The molecule has 1 atom stereocenters. The zero-order valence-corrected chi connectivity index (χ0v) is 11.2. The molecule has 0 fully saturated rings. The van der Waals surface area contributed by atoms with Gasteiger partial charge in [0.25, 0.3) is 0 Å². The van der Waals surface area contributed by atoms with E-state index in [0.29, 0.717) is 0 Å². The smallest absolute Gasteiger partial charge is 0.390 e. The maximum absolute atomic E-state index is 12.2. The SMILES string of the molecule is Cc1oc(CN)cc1S(=O)(=O)NC(C)CC(F)(F)F. The van der Waals surface area contributed by atoms with Crippen molar-refractivity contribution in [2.24, 2.45) is 5.73 Å². The van der Waals surface area contributed by atoms with Crippen molar-refractivity contribution < 1.29 is 26.0 Å². The highest BCUT2D eigenvalue weighted by Gasteiger charge is 2.32. The average Bonchev–Trinajstić information content (AvgIpc) is 2.56. The molecule has 9 heteroatoms. The normalized spacial score (nSPS) is 14.6. The van der Waals surface area contributed by atoms with E-state index in [1.54, 1.807) is 0 Å². The minimum atomic E-state index is -4.43. The molecular formula is C10H15F3N2O3S. The summed E-state index contributed by atoms with van der Waals surface area (Å²) in [5.74, 6) is 0.341. The van der Waals surface area contributed by atoms with E-state index in [0.717, 1.165) is 6.92 Å². The molecular weight excluding hydrogens is 285 g/mol. The zero-order chi connectivity index (χ0) is 14.8. The zero-order valence-electron chi connectivity index (χ0n) is 10.4. The summed E-state index contributed by atoms with van der Waals surface area (Å²) in [6.45, 7) is 2.56. The van der Waals surface area contributed by atoms with Crippen LogP contribution in [0.15, 0.2) is 15.4 Å². The van der Waals surface area contributed by atoms with E-state index >= 15 is 0 Å². The lowest BCUT2D eigenvalue weighted by molar-refractivity contribution is -0.137. The summed E-state index contributed by atoms with van der Waals surface area (Å²) in [4.78, 5) is -0.193. The van der Waals surface area contributed by atoms with Crippen molar-refractivity contribution in [3.05, 3.63) is 17.6 Å². The van der Waals surface area contributed by atoms with E-state index in [2.05, 4.69) is 0 Å². The van der Waals surface area contributed by atoms with Crippen molar-refractivity contribution in [2.75, 3.05) is 0 Å². The van der Waals surface area contributed by atoms with Gasteiger partial charge >= 0.3 is 6.18 Å². The molecule has 0 saturated heterocycles. The molecule has 0 aromatic carbocycles. The fourth-order valence-corrected chi connectivity index (χ4v) is 3.06. The molecule has 0 saturated carbocycles. The largest absolute Gasteiger partial charge is 0.464 e. The van der Waals surface area contributed by atoms with Gasteiger partial charge in [-0.15, -0.1) is 0 Å². The maximum atomic E-state index is 12.2. The molecule has 110 valence electrons. The van der Waals surface area contributed by atoms with Crippen LogP contribution in [0.2, 0.25) is 0 Å². The average molecular weight is 300 g/mol. The Balaban J connectivity index is 2.89. The first kappa shape index (κ1) is 16.0. The summed E-state index contributed by atoms with van der Waals surface area (Å²) in [5, 5.41) is 0. The van der Waals surface area contributed by atoms with E-state index in [1.165, 1.54) is 13.0 Å². The van der Waals surface area contributed by atoms with Crippen molar-refractivity contribution in [1.82, 2.24) is 4.72 Å². The van der Waals surface area contributed by atoms with Gasteiger partial charge in [0.1, 0.15) is 16.4 Å². The van der Waals surface area contributed by atoms with E-state index in [4.69, 9.17) is 10.2 Å². The van der Waals surface area contributed by atoms with Crippen molar-refractivity contribution in [1.29, 1.82) is 0 Å². The van der Waals surface area contributed by atoms with Crippen molar-refractivity contribution >= 4 is 10.0 Å². The Morgan fingerprint density at radius 1 is 1.47 bits per heavy atom. The van der Waals surface area contributed by atoms with Crippen LogP contribution in [0.3, 0.4) is 0 Å². The summed E-state index contributed by atoms with van der Waals surface area (Å²) in [6.07, 6.45) is -5.68. The minimum Gasteiger partial charge on any atom is -0.464 e. The Morgan fingerprint density at radius 2 is 2.05 bits per heavy atom. The maximum Gasteiger partial charge on any atom is 0.390 e. The predicted molar refractivity (Wildman–Crippen MR) is 61.8 cm³/mol. The third-order valence-electron chi connectivity index (χ3n) is 2.31. The van der Waals surface area contributed by atoms with Gasteiger partial charge in [-0.3, -0.25) is 0 Å². The second kappa shape index (κ2) is 5.51. The number of halogens is 3. The molecule has 0 spiro atoms. The number of nitrogens with two attached hydrogens (primary N) is 1. The Hall–Kier alpha value is -1.06. The van der Waals surface area contributed by atoms with Crippen LogP contribution in [-0.4, -0.2) is 20.6 Å². The van der Waals surface area contributed by atoms with Crippen LogP contribution in [0.5, 0.6) is 0 Å². The van der Waals surface area contributed by atoms with Crippen molar-refractivity contribution in [3.8, 4) is 0 Å². The minimum absolute atomic E-state index is 0.00840. The second-order valence-electron chi connectivity index (χ2n) is 4.18. The Morgan fingerprint density at radius 3 is 2.47 bits per heavy atom. The predicted octanol–water partition coefficient (Wildman–Crippen LogP) is 1.67. The molecule has 0 aliphatic rings. The monoisotopic (exact) mass is 300 g/mol. The first-order valence-electron chi connectivity index (χ1n) is 5.43. The molecule has 0 amide bonds. The molecule has 0 aliphatic carbocycles. The Labute approximate surface area is 109 Å². The summed E-state index contributed by atoms with van der Waals surface area (Å²) < 4.78 is 67.3. The van der Waals surface area contributed by atoms with E-state index in [9.17, 15) is 21.6 Å². The lowest BCUT2D eigenvalue weighted by Gasteiger charge is -2.15. The van der Waals surface area contributed by atoms with Gasteiger partial charge in [-0.2, -0.15) is 13.2 Å².